The average Bonchev–Trinajstić information content (AvgIpc) is 2.54. The van der Waals surface area contributed by atoms with Crippen LogP contribution >= 0.6 is 0 Å². The van der Waals surface area contributed by atoms with Gasteiger partial charge in [0.05, 0.1) is 16.1 Å². The number of anilines is 1. The Bertz CT molecular complexity index is 923. The van der Waals surface area contributed by atoms with Crippen LogP contribution in [-0.2, 0) is 9.84 Å². The molecule has 0 unspecified atom stereocenters. The molecule has 2 amide bonds. The molecule has 0 aliphatic rings. The van der Waals surface area contributed by atoms with Crippen molar-refractivity contribution in [2.45, 2.75) is 10.4 Å². The highest BCUT2D eigenvalue weighted by molar-refractivity contribution is 7.92. The van der Waals surface area contributed by atoms with Gasteiger partial charge in [-0.05, 0) is 36.4 Å². The van der Waals surface area contributed by atoms with Crippen LogP contribution in [0.1, 0.15) is 20.7 Å². The Morgan fingerprint density at radius 1 is 0.960 bits per heavy atom. The number of hydrogen-bond acceptors (Lipinski definition) is 4. The number of halogens is 3. The van der Waals surface area contributed by atoms with E-state index < -0.39 is 32.1 Å². The Kier molecular flexibility index (Phi) is 4.84. The number of sulfone groups is 1. The van der Waals surface area contributed by atoms with Crippen molar-refractivity contribution in [3.63, 3.8) is 0 Å². The molecule has 132 valence electrons. The molecule has 6 nitrogen and oxygen atoms in total. The summed E-state index contributed by atoms with van der Waals surface area (Å²) in [4.78, 5) is 22.4. The van der Waals surface area contributed by atoms with Crippen LogP contribution in [0.15, 0.2) is 53.4 Å². The van der Waals surface area contributed by atoms with Crippen molar-refractivity contribution in [2.75, 3.05) is 5.32 Å². The molecule has 0 saturated heterocycles. The molecule has 25 heavy (non-hydrogen) atoms. The molecule has 0 atom stereocenters. The summed E-state index contributed by atoms with van der Waals surface area (Å²) >= 11 is 0. The molecule has 0 heterocycles. The molecule has 0 bridgehead atoms. The lowest BCUT2D eigenvalue weighted by Gasteiger charge is -2.10. The standard InChI is InChI=1S/C15H11F3N2O4S/c16-15(17,18)25(23,24)10-7-5-9(6-8-10)14(22)20-12-4-2-1-3-11(12)13(19)21/h1-8H,(H2,19,21)(H,20,22). The second-order valence-electron chi connectivity index (χ2n) is 4.84. The van der Waals surface area contributed by atoms with Gasteiger partial charge in [-0.3, -0.25) is 9.59 Å². The summed E-state index contributed by atoms with van der Waals surface area (Å²) in [5, 5.41) is 2.39. The molecule has 0 fully saturated rings. The molecule has 2 aromatic carbocycles. The van der Waals surface area contributed by atoms with Crippen LogP contribution in [0, 0.1) is 0 Å². The van der Waals surface area contributed by atoms with E-state index >= 15 is 0 Å². The van der Waals surface area contributed by atoms with E-state index in [2.05, 4.69) is 5.32 Å². The van der Waals surface area contributed by atoms with Crippen molar-refractivity contribution in [2.24, 2.45) is 5.73 Å². The Hall–Kier alpha value is -2.88. The fourth-order valence-electron chi connectivity index (χ4n) is 1.92. The van der Waals surface area contributed by atoms with Crippen molar-refractivity contribution < 1.29 is 31.2 Å². The molecule has 0 radical (unpaired) electrons. The van der Waals surface area contributed by atoms with E-state index in [0.29, 0.717) is 12.1 Å². The number of rotatable bonds is 4. The van der Waals surface area contributed by atoms with E-state index in [1.807, 2.05) is 0 Å². The third kappa shape index (κ3) is 3.79. The lowest BCUT2D eigenvalue weighted by Crippen LogP contribution is -2.23. The van der Waals surface area contributed by atoms with Crippen molar-refractivity contribution in [3.05, 3.63) is 59.7 Å². The number of alkyl halides is 3. The SMILES string of the molecule is NC(=O)c1ccccc1NC(=O)c1ccc(S(=O)(=O)C(F)(F)F)cc1. The molecule has 0 aliphatic heterocycles. The van der Waals surface area contributed by atoms with Gasteiger partial charge in [-0.2, -0.15) is 13.2 Å². The Morgan fingerprint density at radius 2 is 1.52 bits per heavy atom. The summed E-state index contributed by atoms with van der Waals surface area (Å²) in [6.45, 7) is 0. The molecule has 10 heteroatoms. The Labute approximate surface area is 140 Å². The predicted molar refractivity (Wildman–Crippen MR) is 82.6 cm³/mol. The lowest BCUT2D eigenvalue weighted by molar-refractivity contribution is -0.0436. The molecule has 3 N–H and O–H groups in total. The molecule has 0 spiro atoms. The summed E-state index contributed by atoms with van der Waals surface area (Å²) in [6.07, 6.45) is 0. The highest BCUT2D eigenvalue weighted by atomic mass is 32.2. The summed E-state index contributed by atoms with van der Waals surface area (Å²) in [7, 11) is -5.49. The predicted octanol–water partition coefficient (Wildman–Crippen LogP) is 2.33. The van der Waals surface area contributed by atoms with Crippen LogP contribution in [0.25, 0.3) is 0 Å². The van der Waals surface area contributed by atoms with Gasteiger partial charge >= 0.3 is 5.51 Å². The van der Waals surface area contributed by atoms with Gasteiger partial charge in [0, 0.05) is 5.56 Å². The molecular weight excluding hydrogens is 361 g/mol. The first-order valence-corrected chi connectivity index (χ1v) is 8.14. The number of carbonyl (C=O) groups is 2. The van der Waals surface area contributed by atoms with Gasteiger partial charge < -0.3 is 11.1 Å². The van der Waals surface area contributed by atoms with Crippen LogP contribution in [0.4, 0.5) is 18.9 Å². The highest BCUT2D eigenvalue weighted by Gasteiger charge is 2.46. The van der Waals surface area contributed by atoms with Gasteiger partial charge in [-0.15, -0.1) is 0 Å². The fourth-order valence-corrected chi connectivity index (χ4v) is 2.68. The van der Waals surface area contributed by atoms with E-state index in [1.165, 1.54) is 18.2 Å². The number of amides is 2. The monoisotopic (exact) mass is 372 g/mol. The number of para-hydroxylation sites is 1. The number of carbonyl (C=O) groups excluding carboxylic acids is 2. The minimum Gasteiger partial charge on any atom is -0.366 e. The zero-order chi connectivity index (χ0) is 18.8. The average molecular weight is 372 g/mol. The van der Waals surface area contributed by atoms with E-state index in [-0.39, 0.29) is 16.8 Å². The molecule has 0 saturated carbocycles. The minimum atomic E-state index is -5.49. The van der Waals surface area contributed by atoms with Crippen molar-refractivity contribution in [1.82, 2.24) is 0 Å². The number of nitrogens with one attached hydrogen (secondary N) is 1. The van der Waals surface area contributed by atoms with Crippen molar-refractivity contribution in [3.8, 4) is 0 Å². The minimum absolute atomic E-state index is 0.0483. The summed E-state index contributed by atoms with van der Waals surface area (Å²) < 4.78 is 60.0. The number of primary amides is 1. The fraction of sp³-hybridized carbons (Fsp3) is 0.0667. The van der Waals surface area contributed by atoms with Gasteiger partial charge in [0.1, 0.15) is 0 Å². The van der Waals surface area contributed by atoms with Gasteiger partial charge in [-0.1, -0.05) is 12.1 Å². The quantitative estimate of drug-likeness (QED) is 0.859. The first kappa shape index (κ1) is 18.5. The van der Waals surface area contributed by atoms with E-state index in [4.69, 9.17) is 5.73 Å². The number of benzene rings is 2. The molecule has 2 aromatic rings. The smallest absolute Gasteiger partial charge is 0.366 e. The maximum Gasteiger partial charge on any atom is 0.501 e. The van der Waals surface area contributed by atoms with Crippen LogP contribution in [0.5, 0.6) is 0 Å². The second kappa shape index (κ2) is 6.55. The largest absolute Gasteiger partial charge is 0.501 e. The summed E-state index contributed by atoms with van der Waals surface area (Å²) in [5.41, 5.74) is -0.190. The third-order valence-electron chi connectivity index (χ3n) is 3.17. The number of nitrogens with two attached hydrogens (primary N) is 1. The molecule has 2 rings (SSSR count). The van der Waals surface area contributed by atoms with Gasteiger partial charge in [0.25, 0.3) is 21.7 Å². The first-order chi connectivity index (χ1) is 11.5. The summed E-state index contributed by atoms with van der Waals surface area (Å²) in [6, 6.07) is 9.10. The third-order valence-corrected chi connectivity index (χ3v) is 4.67. The van der Waals surface area contributed by atoms with Crippen LogP contribution in [0.2, 0.25) is 0 Å². The van der Waals surface area contributed by atoms with Crippen LogP contribution in [0.3, 0.4) is 0 Å². The maximum atomic E-state index is 12.5. The topological polar surface area (TPSA) is 106 Å². The first-order valence-electron chi connectivity index (χ1n) is 6.65. The lowest BCUT2D eigenvalue weighted by atomic mass is 10.1. The van der Waals surface area contributed by atoms with E-state index in [9.17, 15) is 31.2 Å². The highest BCUT2D eigenvalue weighted by Crippen LogP contribution is 2.30. The molecular formula is C15H11F3N2O4S. The Morgan fingerprint density at radius 3 is 2.04 bits per heavy atom. The number of hydrogen-bond donors (Lipinski definition) is 2. The van der Waals surface area contributed by atoms with E-state index in [1.54, 1.807) is 6.07 Å². The van der Waals surface area contributed by atoms with Gasteiger partial charge in [-0.25, -0.2) is 8.42 Å². The van der Waals surface area contributed by atoms with Crippen LogP contribution < -0.4 is 11.1 Å². The van der Waals surface area contributed by atoms with Crippen molar-refractivity contribution >= 4 is 27.3 Å². The maximum absolute atomic E-state index is 12.5. The molecule has 0 aromatic heterocycles. The van der Waals surface area contributed by atoms with Crippen LogP contribution in [-0.4, -0.2) is 25.7 Å². The van der Waals surface area contributed by atoms with Gasteiger partial charge in [0.15, 0.2) is 0 Å². The zero-order valence-electron chi connectivity index (χ0n) is 12.4. The van der Waals surface area contributed by atoms with E-state index in [0.717, 1.165) is 12.1 Å². The second-order valence-corrected chi connectivity index (χ2v) is 6.78. The molecule has 0 aliphatic carbocycles. The normalized spacial score (nSPS) is 11.8. The zero-order valence-corrected chi connectivity index (χ0v) is 13.2. The van der Waals surface area contributed by atoms with Crippen molar-refractivity contribution in [1.29, 1.82) is 0 Å². The van der Waals surface area contributed by atoms with Gasteiger partial charge in [0.2, 0.25) is 0 Å². The Balaban J connectivity index is 2.27. The summed E-state index contributed by atoms with van der Waals surface area (Å²) in [5.74, 6) is -1.52.